The van der Waals surface area contributed by atoms with Gasteiger partial charge in [-0.2, -0.15) is 5.26 Å². The highest BCUT2D eigenvalue weighted by atomic mass is 32.2. The highest BCUT2D eigenvalue weighted by Crippen LogP contribution is 2.29. The van der Waals surface area contributed by atoms with Gasteiger partial charge in [-0.05, 0) is 40.5 Å². The minimum Gasteiger partial charge on any atom is -0.229 e. The lowest BCUT2D eigenvalue weighted by atomic mass is 9.87. The quantitative estimate of drug-likeness (QED) is 0.725. The van der Waals surface area contributed by atoms with Crippen molar-refractivity contribution in [3.8, 4) is 6.07 Å². The van der Waals surface area contributed by atoms with Crippen LogP contribution in [0.15, 0.2) is 0 Å². The van der Waals surface area contributed by atoms with Gasteiger partial charge in [0.15, 0.2) is 9.84 Å². The van der Waals surface area contributed by atoms with Crippen LogP contribution in [-0.4, -0.2) is 19.4 Å². The molecule has 0 bridgehead atoms. The van der Waals surface area contributed by atoms with Crippen molar-refractivity contribution in [3.05, 3.63) is 0 Å². The van der Waals surface area contributed by atoms with E-state index < -0.39 is 20.0 Å². The summed E-state index contributed by atoms with van der Waals surface area (Å²) in [5.74, 6) is 0. The Labute approximate surface area is 87.0 Å². The Morgan fingerprint density at radius 3 is 1.86 bits per heavy atom. The Hall–Kier alpha value is -0.560. The maximum Gasteiger partial charge on any atom is 0.152 e. The van der Waals surface area contributed by atoms with E-state index in [1.165, 1.54) is 6.26 Å². The van der Waals surface area contributed by atoms with Crippen LogP contribution in [0.2, 0.25) is 0 Å². The SMILES string of the molecule is CC(C)(C#N)CCC(C)(C)S(C)(=O)=O. The highest BCUT2D eigenvalue weighted by Gasteiger charge is 2.32. The van der Waals surface area contributed by atoms with E-state index in [9.17, 15) is 8.42 Å². The first-order valence-corrected chi connectivity index (χ1v) is 6.52. The lowest BCUT2D eigenvalue weighted by molar-refractivity contribution is 0.398. The average molecular weight is 217 g/mol. The summed E-state index contributed by atoms with van der Waals surface area (Å²) in [7, 11) is -3.04. The monoisotopic (exact) mass is 217 g/mol. The van der Waals surface area contributed by atoms with Gasteiger partial charge in [-0.3, -0.25) is 0 Å². The van der Waals surface area contributed by atoms with Gasteiger partial charge in [0, 0.05) is 6.26 Å². The summed E-state index contributed by atoms with van der Waals surface area (Å²) >= 11 is 0. The van der Waals surface area contributed by atoms with E-state index in [4.69, 9.17) is 5.26 Å². The van der Waals surface area contributed by atoms with Crippen LogP contribution < -0.4 is 0 Å². The van der Waals surface area contributed by atoms with Crippen molar-refractivity contribution < 1.29 is 8.42 Å². The summed E-state index contributed by atoms with van der Waals surface area (Å²) < 4.78 is 22.0. The summed E-state index contributed by atoms with van der Waals surface area (Å²) in [5.41, 5.74) is -0.442. The Morgan fingerprint density at radius 2 is 1.57 bits per heavy atom. The maximum absolute atomic E-state index is 11.4. The van der Waals surface area contributed by atoms with Crippen molar-refractivity contribution >= 4 is 9.84 Å². The van der Waals surface area contributed by atoms with E-state index in [1.54, 1.807) is 13.8 Å². The van der Waals surface area contributed by atoms with E-state index in [1.807, 2.05) is 13.8 Å². The molecule has 0 heterocycles. The molecule has 0 aromatic carbocycles. The number of hydrogen-bond acceptors (Lipinski definition) is 3. The minimum absolute atomic E-state index is 0.442. The number of nitrogens with zero attached hydrogens (tertiary/aromatic N) is 1. The van der Waals surface area contributed by atoms with Crippen molar-refractivity contribution in [2.24, 2.45) is 5.41 Å². The van der Waals surface area contributed by atoms with Crippen LogP contribution in [-0.2, 0) is 9.84 Å². The van der Waals surface area contributed by atoms with Crippen LogP contribution in [0.25, 0.3) is 0 Å². The predicted octanol–water partition coefficient (Wildman–Crippen LogP) is 2.14. The van der Waals surface area contributed by atoms with E-state index >= 15 is 0 Å². The van der Waals surface area contributed by atoms with Crippen LogP contribution in [0.1, 0.15) is 40.5 Å². The summed E-state index contributed by atoms with van der Waals surface area (Å²) in [6, 6.07) is 2.17. The van der Waals surface area contributed by atoms with Crippen LogP contribution in [0, 0.1) is 16.7 Å². The second kappa shape index (κ2) is 3.90. The van der Waals surface area contributed by atoms with Crippen LogP contribution in [0.4, 0.5) is 0 Å². The second-order valence-electron chi connectivity index (χ2n) is 5.03. The summed E-state index contributed by atoms with van der Waals surface area (Å²) in [6.45, 7) is 7.06. The number of hydrogen-bond donors (Lipinski definition) is 0. The third kappa shape index (κ3) is 3.67. The standard InChI is InChI=1S/C10H19NO2S/c1-9(2,8-11)6-7-10(3,4)14(5,12)13/h6-7H2,1-5H3. The molecule has 0 aliphatic carbocycles. The average Bonchev–Trinajstić information content (AvgIpc) is 1.99. The van der Waals surface area contributed by atoms with Crippen molar-refractivity contribution in [2.45, 2.75) is 45.3 Å². The predicted molar refractivity (Wildman–Crippen MR) is 57.6 cm³/mol. The van der Waals surface area contributed by atoms with Crippen molar-refractivity contribution in [2.75, 3.05) is 6.26 Å². The molecule has 0 spiro atoms. The first kappa shape index (κ1) is 13.4. The lowest BCUT2D eigenvalue weighted by Crippen LogP contribution is -2.32. The zero-order chi connectivity index (χ0) is 11.6. The summed E-state index contributed by atoms with van der Waals surface area (Å²) in [5, 5.41) is 8.79. The molecule has 0 radical (unpaired) electrons. The van der Waals surface area contributed by atoms with Crippen LogP contribution >= 0.6 is 0 Å². The summed E-state index contributed by atoms with van der Waals surface area (Å²) in [4.78, 5) is 0. The van der Waals surface area contributed by atoms with Crippen molar-refractivity contribution in [1.82, 2.24) is 0 Å². The van der Waals surface area contributed by atoms with Gasteiger partial charge >= 0.3 is 0 Å². The largest absolute Gasteiger partial charge is 0.229 e. The Bertz CT molecular complexity index is 334. The second-order valence-corrected chi connectivity index (χ2v) is 7.68. The number of sulfone groups is 1. The zero-order valence-electron chi connectivity index (χ0n) is 9.59. The first-order valence-electron chi connectivity index (χ1n) is 4.63. The fraction of sp³-hybridized carbons (Fsp3) is 0.900. The van der Waals surface area contributed by atoms with Gasteiger partial charge < -0.3 is 0 Å². The molecule has 0 aromatic heterocycles. The van der Waals surface area contributed by atoms with Gasteiger partial charge in [0.1, 0.15) is 0 Å². The van der Waals surface area contributed by atoms with Crippen molar-refractivity contribution in [1.29, 1.82) is 5.26 Å². The Morgan fingerprint density at radius 1 is 1.14 bits per heavy atom. The molecule has 0 unspecified atom stereocenters. The molecule has 0 amide bonds. The van der Waals surface area contributed by atoms with Crippen molar-refractivity contribution in [3.63, 3.8) is 0 Å². The molecule has 82 valence electrons. The fourth-order valence-electron chi connectivity index (χ4n) is 0.855. The van der Waals surface area contributed by atoms with Gasteiger partial charge in [0.25, 0.3) is 0 Å². The molecule has 0 aromatic rings. The molecule has 14 heavy (non-hydrogen) atoms. The van der Waals surface area contributed by atoms with Gasteiger partial charge in [-0.25, -0.2) is 8.42 Å². The summed E-state index contributed by atoms with van der Waals surface area (Å²) in [6.07, 6.45) is 2.36. The zero-order valence-corrected chi connectivity index (χ0v) is 10.4. The smallest absolute Gasteiger partial charge is 0.152 e. The van der Waals surface area contributed by atoms with E-state index in [-0.39, 0.29) is 0 Å². The molecule has 3 nitrogen and oxygen atoms in total. The molecular weight excluding hydrogens is 198 g/mol. The molecular formula is C10H19NO2S. The van der Waals surface area contributed by atoms with Crippen LogP contribution in [0.3, 0.4) is 0 Å². The molecule has 0 N–H and O–H groups in total. The van der Waals surface area contributed by atoms with Crippen LogP contribution in [0.5, 0.6) is 0 Å². The normalized spacial score (nSPS) is 13.7. The molecule has 0 aliphatic heterocycles. The molecule has 0 aliphatic rings. The Balaban J connectivity index is 4.52. The highest BCUT2D eigenvalue weighted by molar-refractivity contribution is 7.92. The van der Waals surface area contributed by atoms with Gasteiger partial charge in [0.2, 0.25) is 0 Å². The fourth-order valence-corrected chi connectivity index (χ4v) is 1.33. The van der Waals surface area contributed by atoms with E-state index in [0.29, 0.717) is 12.8 Å². The topological polar surface area (TPSA) is 57.9 Å². The lowest BCUT2D eigenvalue weighted by Gasteiger charge is -2.25. The first-order chi connectivity index (χ1) is 6.02. The Kier molecular flexibility index (Phi) is 3.74. The van der Waals surface area contributed by atoms with Gasteiger partial charge in [-0.15, -0.1) is 0 Å². The molecule has 0 saturated carbocycles. The number of nitriles is 1. The maximum atomic E-state index is 11.4. The third-order valence-electron chi connectivity index (χ3n) is 2.66. The molecule has 0 rings (SSSR count). The number of rotatable bonds is 4. The van der Waals surface area contributed by atoms with Gasteiger partial charge in [0.05, 0.1) is 16.2 Å². The molecule has 0 fully saturated rings. The van der Waals surface area contributed by atoms with Gasteiger partial charge in [-0.1, -0.05) is 0 Å². The van der Waals surface area contributed by atoms with E-state index in [0.717, 1.165) is 0 Å². The van der Waals surface area contributed by atoms with E-state index in [2.05, 4.69) is 6.07 Å². The minimum atomic E-state index is -3.04. The molecule has 0 saturated heterocycles. The molecule has 4 heteroatoms. The molecule has 0 atom stereocenters. The third-order valence-corrected chi connectivity index (χ3v) is 4.87.